The summed E-state index contributed by atoms with van der Waals surface area (Å²) in [5.41, 5.74) is 2.02. The van der Waals surface area contributed by atoms with Gasteiger partial charge in [0, 0.05) is 5.56 Å². The Morgan fingerprint density at radius 3 is 2.59 bits per heavy atom. The summed E-state index contributed by atoms with van der Waals surface area (Å²) in [7, 11) is 1.58. The molecular formula is C20H23N5O3S. The molecular weight excluding hydrogens is 390 g/mol. The highest BCUT2D eigenvalue weighted by Gasteiger charge is 2.13. The Bertz CT molecular complexity index is 959. The van der Waals surface area contributed by atoms with E-state index in [1.54, 1.807) is 7.11 Å². The summed E-state index contributed by atoms with van der Waals surface area (Å²) in [5, 5.41) is 11.5. The Hall–Kier alpha value is -3.20. The van der Waals surface area contributed by atoms with E-state index in [0.29, 0.717) is 35.6 Å². The summed E-state index contributed by atoms with van der Waals surface area (Å²) in [6.45, 7) is 2.72. The van der Waals surface area contributed by atoms with Crippen molar-refractivity contribution in [3.8, 4) is 22.9 Å². The number of ether oxygens (including phenoxy) is 2. The van der Waals surface area contributed by atoms with Crippen molar-refractivity contribution in [3.63, 3.8) is 0 Å². The van der Waals surface area contributed by atoms with Gasteiger partial charge in [0.2, 0.25) is 11.1 Å². The van der Waals surface area contributed by atoms with Crippen molar-refractivity contribution in [1.29, 1.82) is 0 Å². The molecule has 152 valence electrons. The minimum absolute atomic E-state index is 0.140. The number of rotatable bonds is 9. The summed E-state index contributed by atoms with van der Waals surface area (Å²) < 4.78 is 12.2. The van der Waals surface area contributed by atoms with Gasteiger partial charge < -0.3 is 20.6 Å². The smallest absolute Gasteiger partial charge is 0.230 e. The zero-order valence-electron chi connectivity index (χ0n) is 16.3. The van der Waals surface area contributed by atoms with E-state index in [4.69, 9.17) is 15.3 Å². The minimum Gasteiger partial charge on any atom is -0.493 e. The van der Waals surface area contributed by atoms with Gasteiger partial charge in [0.25, 0.3) is 0 Å². The molecule has 1 heterocycles. The summed E-state index contributed by atoms with van der Waals surface area (Å²) >= 11 is 1.23. The second-order valence-corrected chi connectivity index (χ2v) is 7.12. The molecule has 9 heteroatoms. The van der Waals surface area contributed by atoms with Crippen LogP contribution in [-0.2, 0) is 4.79 Å². The number of carbonyl (C=O) groups excluding carboxylic acids is 1. The lowest BCUT2D eigenvalue weighted by atomic mass is 10.1. The first-order valence-corrected chi connectivity index (χ1v) is 10.00. The lowest BCUT2D eigenvalue weighted by Crippen LogP contribution is -2.29. The summed E-state index contributed by atoms with van der Waals surface area (Å²) in [5.74, 6) is 7.96. The number of benzene rings is 2. The molecule has 0 saturated carbocycles. The second kappa shape index (κ2) is 9.83. The molecule has 0 atom stereocenters. The number of thioether (sulfide) groups is 1. The molecule has 0 unspecified atom stereocenters. The van der Waals surface area contributed by atoms with Gasteiger partial charge in [-0.1, -0.05) is 53.7 Å². The van der Waals surface area contributed by atoms with E-state index >= 15 is 0 Å². The molecule has 1 aromatic heterocycles. The number of nitrogen functional groups attached to an aromatic ring is 1. The highest BCUT2D eigenvalue weighted by Crippen LogP contribution is 2.25. The van der Waals surface area contributed by atoms with E-state index in [2.05, 4.69) is 15.5 Å². The molecule has 0 saturated heterocycles. The monoisotopic (exact) mass is 413 g/mol. The first kappa shape index (κ1) is 20.5. The average Bonchev–Trinajstić information content (AvgIpc) is 3.11. The molecule has 29 heavy (non-hydrogen) atoms. The molecule has 0 radical (unpaired) electrons. The molecule has 2 aromatic carbocycles. The number of carbonyl (C=O) groups is 1. The van der Waals surface area contributed by atoms with Gasteiger partial charge in [-0.2, -0.15) is 0 Å². The van der Waals surface area contributed by atoms with E-state index in [-0.39, 0.29) is 11.7 Å². The lowest BCUT2D eigenvalue weighted by molar-refractivity contribution is -0.118. The number of hydrogen-bond donors (Lipinski definition) is 2. The molecule has 3 N–H and O–H groups in total. The van der Waals surface area contributed by atoms with Crippen LogP contribution in [0.25, 0.3) is 11.4 Å². The highest BCUT2D eigenvalue weighted by molar-refractivity contribution is 7.99. The number of aromatic nitrogens is 3. The van der Waals surface area contributed by atoms with Crippen LogP contribution in [0.3, 0.4) is 0 Å². The van der Waals surface area contributed by atoms with Gasteiger partial charge in [0.05, 0.1) is 19.4 Å². The van der Waals surface area contributed by atoms with Crippen LogP contribution in [0.1, 0.15) is 5.56 Å². The third kappa shape index (κ3) is 5.41. The molecule has 0 aliphatic heterocycles. The van der Waals surface area contributed by atoms with Gasteiger partial charge in [0.1, 0.15) is 6.61 Å². The van der Waals surface area contributed by atoms with Crippen LogP contribution in [0.2, 0.25) is 0 Å². The van der Waals surface area contributed by atoms with Crippen LogP contribution in [0.15, 0.2) is 53.7 Å². The first-order chi connectivity index (χ1) is 14.1. The van der Waals surface area contributed by atoms with Gasteiger partial charge in [-0.15, -0.1) is 10.2 Å². The van der Waals surface area contributed by atoms with E-state index in [1.807, 2.05) is 55.5 Å². The number of hydrogen-bond acceptors (Lipinski definition) is 7. The number of nitrogens with one attached hydrogen (secondary N) is 1. The van der Waals surface area contributed by atoms with Crippen molar-refractivity contribution < 1.29 is 14.3 Å². The number of nitrogens with two attached hydrogens (primary N) is 1. The SMILES string of the molecule is COc1ccccc1OCCNC(=O)CSc1nnc(-c2ccc(C)cc2)n1N. The summed E-state index contributed by atoms with van der Waals surface area (Å²) in [4.78, 5) is 12.1. The van der Waals surface area contributed by atoms with Crippen LogP contribution >= 0.6 is 11.8 Å². The molecule has 0 spiro atoms. The zero-order chi connectivity index (χ0) is 20.6. The number of nitrogens with zero attached hydrogens (tertiary/aromatic N) is 3. The van der Waals surface area contributed by atoms with E-state index < -0.39 is 0 Å². The van der Waals surface area contributed by atoms with Crippen molar-refractivity contribution >= 4 is 17.7 Å². The lowest BCUT2D eigenvalue weighted by Gasteiger charge is -2.10. The summed E-state index contributed by atoms with van der Waals surface area (Å²) in [6, 6.07) is 15.2. The first-order valence-electron chi connectivity index (χ1n) is 9.01. The third-order valence-corrected chi connectivity index (χ3v) is 5.00. The Morgan fingerprint density at radius 1 is 1.14 bits per heavy atom. The van der Waals surface area contributed by atoms with Crippen LogP contribution < -0.4 is 20.6 Å². The van der Waals surface area contributed by atoms with Gasteiger partial charge in [-0.3, -0.25) is 4.79 Å². The van der Waals surface area contributed by atoms with E-state index in [9.17, 15) is 4.79 Å². The molecule has 3 rings (SSSR count). The molecule has 0 aliphatic rings. The van der Waals surface area contributed by atoms with Gasteiger partial charge in [-0.25, -0.2) is 4.68 Å². The number of aryl methyl sites for hydroxylation is 1. The quantitative estimate of drug-likeness (QED) is 0.315. The Balaban J connectivity index is 1.44. The van der Waals surface area contributed by atoms with Gasteiger partial charge in [0.15, 0.2) is 17.3 Å². The highest BCUT2D eigenvalue weighted by atomic mass is 32.2. The molecule has 1 amide bonds. The normalized spacial score (nSPS) is 10.6. The van der Waals surface area contributed by atoms with Crippen molar-refractivity contribution in [1.82, 2.24) is 20.2 Å². The van der Waals surface area contributed by atoms with E-state index in [1.165, 1.54) is 16.4 Å². The van der Waals surface area contributed by atoms with Gasteiger partial charge in [-0.05, 0) is 19.1 Å². The Kier molecular flexibility index (Phi) is 6.96. The van der Waals surface area contributed by atoms with Gasteiger partial charge >= 0.3 is 0 Å². The molecule has 0 fully saturated rings. The number of amides is 1. The summed E-state index contributed by atoms with van der Waals surface area (Å²) in [6.07, 6.45) is 0. The van der Waals surface area contributed by atoms with Crippen molar-refractivity contribution in [2.45, 2.75) is 12.1 Å². The Labute approximate surface area is 173 Å². The van der Waals surface area contributed by atoms with Crippen molar-refractivity contribution in [2.24, 2.45) is 0 Å². The molecule has 0 bridgehead atoms. The van der Waals surface area contributed by atoms with E-state index in [0.717, 1.165) is 11.1 Å². The third-order valence-electron chi connectivity index (χ3n) is 4.06. The predicted octanol–water partition coefficient (Wildman–Crippen LogP) is 2.26. The number of methoxy groups -OCH3 is 1. The fourth-order valence-electron chi connectivity index (χ4n) is 2.55. The van der Waals surface area contributed by atoms with Crippen LogP contribution in [0, 0.1) is 6.92 Å². The minimum atomic E-state index is -0.140. The topological polar surface area (TPSA) is 104 Å². The van der Waals surface area contributed by atoms with Crippen molar-refractivity contribution in [2.75, 3.05) is 31.9 Å². The maximum atomic E-state index is 12.1. The molecule has 3 aromatic rings. The maximum absolute atomic E-state index is 12.1. The van der Waals surface area contributed by atoms with Crippen molar-refractivity contribution in [3.05, 3.63) is 54.1 Å². The standard InChI is InChI=1S/C20H23N5O3S/c1-14-7-9-15(10-8-14)19-23-24-20(25(19)21)29-13-18(26)22-11-12-28-17-6-4-3-5-16(17)27-2/h3-10H,11-13,21H2,1-2H3,(H,22,26). The fraction of sp³-hybridized carbons (Fsp3) is 0.250. The fourth-order valence-corrected chi connectivity index (χ4v) is 3.23. The average molecular weight is 414 g/mol. The number of para-hydroxylation sites is 2. The van der Waals surface area contributed by atoms with Crippen LogP contribution in [0.4, 0.5) is 0 Å². The largest absolute Gasteiger partial charge is 0.493 e. The molecule has 8 nitrogen and oxygen atoms in total. The second-order valence-electron chi connectivity index (χ2n) is 6.18. The Morgan fingerprint density at radius 2 is 1.86 bits per heavy atom. The molecule has 0 aliphatic carbocycles. The maximum Gasteiger partial charge on any atom is 0.230 e. The van der Waals surface area contributed by atoms with Crippen LogP contribution in [-0.4, -0.2) is 46.8 Å². The zero-order valence-corrected chi connectivity index (χ0v) is 17.1. The van der Waals surface area contributed by atoms with Crippen LogP contribution in [0.5, 0.6) is 11.5 Å². The predicted molar refractivity (Wildman–Crippen MR) is 113 cm³/mol.